The SMILES string of the molecule is CCCn1c(SC(C)C(=O)NC2CCCC2)nc2ccccc2c1=O. The van der Waals surface area contributed by atoms with Gasteiger partial charge in [0.05, 0.1) is 16.2 Å². The van der Waals surface area contributed by atoms with Crippen LogP contribution in [0.2, 0.25) is 0 Å². The normalized spacial score (nSPS) is 16.2. The van der Waals surface area contributed by atoms with E-state index in [1.54, 1.807) is 4.57 Å². The van der Waals surface area contributed by atoms with Crippen LogP contribution in [-0.4, -0.2) is 26.8 Å². The second kappa shape index (κ2) is 8.04. The van der Waals surface area contributed by atoms with Crippen molar-refractivity contribution in [3.63, 3.8) is 0 Å². The van der Waals surface area contributed by atoms with Crippen molar-refractivity contribution in [1.82, 2.24) is 14.9 Å². The zero-order valence-electron chi connectivity index (χ0n) is 14.8. The Morgan fingerprint density at radius 1 is 1.36 bits per heavy atom. The van der Waals surface area contributed by atoms with Gasteiger partial charge in [0.2, 0.25) is 5.91 Å². The van der Waals surface area contributed by atoms with E-state index in [1.807, 2.05) is 38.1 Å². The number of thioether (sulfide) groups is 1. The van der Waals surface area contributed by atoms with Gasteiger partial charge in [0.15, 0.2) is 5.16 Å². The third kappa shape index (κ3) is 4.06. The maximum Gasteiger partial charge on any atom is 0.262 e. The van der Waals surface area contributed by atoms with Gasteiger partial charge in [-0.3, -0.25) is 14.2 Å². The highest BCUT2D eigenvalue weighted by Crippen LogP contribution is 2.24. The highest BCUT2D eigenvalue weighted by atomic mass is 32.2. The van der Waals surface area contributed by atoms with E-state index >= 15 is 0 Å². The fraction of sp³-hybridized carbons (Fsp3) is 0.526. The molecule has 1 amide bonds. The number of hydrogen-bond acceptors (Lipinski definition) is 4. The number of benzene rings is 1. The Balaban J connectivity index is 1.84. The summed E-state index contributed by atoms with van der Waals surface area (Å²) in [6.07, 6.45) is 5.36. The summed E-state index contributed by atoms with van der Waals surface area (Å²) in [6.45, 7) is 4.52. The van der Waals surface area contributed by atoms with Gasteiger partial charge in [0, 0.05) is 12.6 Å². The summed E-state index contributed by atoms with van der Waals surface area (Å²) >= 11 is 1.37. The molecule has 1 heterocycles. The third-order valence-electron chi connectivity index (χ3n) is 4.63. The Kier molecular flexibility index (Phi) is 5.78. The number of fused-ring (bicyclic) bond motifs is 1. The minimum atomic E-state index is -0.281. The van der Waals surface area contributed by atoms with Gasteiger partial charge < -0.3 is 5.32 Å². The van der Waals surface area contributed by atoms with Crippen LogP contribution >= 0.6 is 11.8 Å². The van der Waals surface area contributed by atoms with Gasteiger partial charge >= 0.3 is 0 Å². The Bertz CT molecular complexity index is 812. The fourth-order valence-corrected chi connectivity index (χ4v) is 4.20. The van der Waals surface area contributed by atoms with Crippen molar-refractivity contribution in [3.05, 3.63) is 34.6 Å². The number of carbonyl (C=O) groups is 1. The van der Waals surface area contributed by atoms with Gasteiger partial charge in [0.25, 0.3) is 5.56 Å². The lowest BCUT2D eigenvalue weighted by atomic mass is 10.2. The molecule has 25 heavy (non-hydrogen) atoms. The molecule has 0 bridgehead atoms. The van der Waals surface area contributed by atoms with Crippen LogP contribution in [0.25, 0.3) is 10.9 Å². The molecule has 1 atom stereocenters. The summed E-state index contributed by atoms with van der Waals surface area (Å²) < 4.78 is 1.70. The second-order valence-corrected chi connectivity index (χ2v) is 7.93. The number of para-hydroxylation sites is 1. The molecule has 1 aromatic heterocycles. The van der Waals surface area contributed by atoms with Crippen molar-refractivity contribution in [2.45, 2.75) is 68.9 Å². The van der Waals surface area contributed by atoms with Gasteiger partial charge in [-0.05, 0) is 38.3 Å². The lowest BCUT2D eigenvalue weighted by Gasteiger charge is -2.18. The van der Waals surface area contributed by atoms with E-state index < -0.39 is 0 Å². The number of aromatic nitrogens is 2. The van der Waals surface area contributed by atoms with E-state index in [4.69, 9.17) is 0 Å². The number of nitrogens with zero attached hydrogens (tertiary/aromatic N) is 2. The molecule has 1 N–H and O–H groups in total. The number of nitrogens with one attached hydrogen (secondary N) is 1. The fourth-order valence-electron chi connectivity index (χ4n) is 3.26. The third-order valence-corrected chi connectivity index (χ3v) is 5.72. The minimum Gasteiger partial charge on any atom is -0.352 e. The summed E-state index contributed by atoms with van der Waals surface area (Å²) in [6, 6.07) is 7.69. The molecule has 134 valence electrons. The van der Waals surface area contributed by atoms with Gasteiger partial charge in [-0.2, -0.15) is 0 Å². The molecule has 1 unspecified atom stereocenters. The van der Waals surface area contributed by atoms with Crippen LogP contribution in [0.4, 0.5) is 0 Å². The standard InChI is InChI=1S/C19H25N3O2S/c1-3-12-22-18(24)15-10-6-7-11-16(15)21-19(22)25-13(2)17(23)20-14-8-4-5-9-14/h6-7,10-11,13-14H,3-5,8-9,12H2,1-2H3,(H,20,23). The van der Waals surface area contributed by atoms with E-state index in [1.165, 1.54) is 24.6 Å². The summed E-state index contributed by atoms with van der Waals surface area (Å²) in [5, 5.41) is 4.10. The largest absolute Gasteiger partial charge is 0.352 e. The van der Waals surface area contributed by atoms with Crippen LogP contribution in [-0.2, 0) is 11.3 Å². The number of amides is 1. The smallest absolute Gasteiger partial charge is 0.262 e. The summed E-state index contributed by atoms with van der Waals surface area (Å²) in [5.41, 5.74) is 0.657. The average Bonchev–Trinajstić information content (AvgIpc) is 3.11. The Morgan fingerprint density at radius 3 is 2.80 bits per heavy atom. The molecule has 0 radical (unpaired) electrons. The van der Waals surface area contributed by atoms with Crippen molar-refractivity contribution in [2.24, 2.45) is 0 Å². The Morgan fingerprint density at radius 2 is 2.08 bits per heavy atom. The van der Waals surface area contributed by atoms with E-state index in [0.717, 1.165) is 19.3 Å². The summed E-state index contributed by atoms with van der Waals surface area (Å²) in [7, 11) is 0. The first-order valence-corrected chi connectivity index (χ1v) is 9.94. The minimum absolute atomic E-state index is 0.0293. The molecule has 1 aromatic carbocycles. The Labute approximate surface area is 152 Å². The Hall–Kier alpha value is -1.82. The van der Waals surface area contributed by atoms with E-state index in [2.05, 4.69) is 10.3 Å². The van der Waals surface area contributed by atoms with Gasteiger partial charge in [-0.25, -0.2) is 4.98 Å². The first kappa shape index (κ1) is 18.0. The zero-order valence-corrected chi connectivity index (χ0v) is 15.6. The molecular formula is C19H25N3O2S. The van der Waals surface area contributed by atoms with Crippen molar-refractivity contribution >= 4 is 28.6 Å². The second-order valence-electron chi connectivity index (χ2n) is 6.62. The highest BCUT2D eigenvalue weighted by Gasteiger charge is 2.23. The molecule has 5 nitrogen and oxygen atoms in total. The molecule has 1 fully saturated rings. The van der Waals surface area contributed by atoms with Gasteiger partial charge in [-0.1, -0.05) is 43.7 Å². The number of carbonyl (C=O) groups excluding carboxylic acids is 1. The van der Waals surface area contributed by atoms with Crippen LogP contribution < -0.4 is 10.9 Å². The van der Waals surface area contributed by atoms with Crippen LogP contribution in [0.15, 0.2) is 34.2 Å². The predicted octanol–water partition coefficient (Wildman–Crippen LogP) is 3.35. The molecule has 1 aliphatic carbocycles. The van der Waals surface area contributed by atoms with Crippen molar-refractivity contribution < 1.29 is 4.79 Å². The van der Waals surface area contributed by atoms with Crippen LogP contribution in [0, 0.1) is 0 Å². The topological polar surface area (TPSA) is 64.0 Å². The zero-order chi connectivity index (χ0) is 17.8. The predicted molar refractivity (Wildman–Crippen MR) is 102 cm³/mol. The van der Waals surface area contributed by atoms with Crippen molar-refractivity contribution in [1.29, 1.82) is 0 Å². The molecular weight excluding hydrogens is 334 g/mol. The molecule has 0 spiro atoms. The molecule has 1 saturated carbocycles. The van der Waals surface area contributed by atoms with Crippen LogP contribution in [0.5, 0.6) is 0 Å². The lowest BCUT2D eigenvalue weighted by molar-refractivity contribution is -0.120. The van der Waals surface area contributed by atoms with Crippen molar-refractivity contribution in [3.8, 4) is 0 Å². The monoisotopic (exact) mass is 359 g/mol. The van der Waals surface area contributed by atoms with Gasteiger partial charge in [0.1, 0.15) is 0 Å². The van der Waals surface area contributed by atoms with E-state index in [-0.39, 0.29) is 16.7 Å². The maximum absolute atomic E-state index is 12.8. The maximum atomic E-state index is 12.8. The quantitative estimate of drug-likeness (QED) is 0.635. The summed E-state index contributed by atoms with van der Waals surface area (Å²) in [4.78, 5) is 29.9. The van der Waals surface area contributed by atoms with E-state index in [0.29, 0.717) is 28.6 Å². The molecule has 3 rings (SSSR count). The van der Waals surface area contributed by atoms with E-state index in [9.17, 15) is 9.59 Å². The molecule has 2 aromatic rings. The molecule has 0 aliphatic heterocycles. The summed E-state index contributed by atoms with van der Waals surface area (Å²) in [5.74, 6) is 0.0300. The first-order valence-electron chi connectivity index (χ1n) is 9.06. The number of hydrogen-bond donors (Lipinski definition) is 1. The van der Waals surface area contributed by atoms with Crippen LogP contribution in [0.3, 0.4) is 0 Å². The first-order chi connectivity index (χ1) is 12.1. The van der Waals surface area contributed by atoms with Crippen molar-refractivity contribution in [2.75, 3.05) is 0 Å². The average molecular weight is 359 g/mol. The molecule has 6 heteroatoms. The molecule has 0 saturated heterocycles. The number of rotatable bonds is 6. The van der Waals surface area contributed by atoms with Gasteiger partial charge in [-0.15, -0.1) is 0 Å². The lowest BCUT2D eigenvalue weighted by Crippen LogP contribution is -2.38. The highest BCUT2D eigenvalue weighted by molar-refractivity contribution is 8.00. The van der Waals surface area contributed by atoms with Crippen LogP contribution in [0.1, 0.15) is 46.0 Å². The molecule has 1 aliphatic rings.